The van der Waals surface area contributed by atoms with Gasteiger partial charge in [-0.2, -0.15) is 0 Å². The number of rotatable bonds is 9. The van der Waals surface area contributed by atoms with E-state index in [9.17, 15) is 14.4 Å². The Bertz CT molecular complexity index is 1070. The highest BCUT2D eigenvalue weighted by atomic mass is 32.1. The molecule has 1 aliphatic carbocycles. The van der Waals surface area contributed by atoms with Gasteiger partial charge in [0.2, 0.25) is 5.91 Å². The van der Waals surface area contributed by atoms with Gasteiger partial charge in [-0.15, -0.1) is 11.3 Å². The molecule has 33 heavy (non-hydrogen) atoms. The van der Waals surface area contributed by atoms with Gasteiger partial charge in [0.25, 0.3) is 0 Å². The summed E-state index contributed by atoms with van der Waals surface area (Å²) in [4.78, 5) is 38.2. The van der Waals surface area contributed by atoms with Crippen molar-refractivity contribution in [3.63, 3.8) is 0 Å². The summed E-state index contributed by atoms with van der Waals surface area (Å²) in [7, 11) is 2.58. The summed E-state index contributed by atoms with van der Waals surface area (Å²) in [5.74, 6) is -0.736. The van der Waals surface area contributed by atoms with Gasteiger partial charge in [-0.05, 0) is 56.0 Å². The van der Waals surface area contributed by atoms with Crippen LogP contribution in [0.1, 0.15) is 52.5 Å². The van der Waals surface area contributed by atoms with Crippen molar-refractivity contribution in [3.05, 3.63) is 45.8 Å². The molecule has 1 aromatic carbocycles. The summed E-state index contributed by atoms with van der Waals surface area (Å²) in [5, 5.41) is 3.12. The third-order valence-corrected chi connectivity index (χ3v) is 6.32. The van der Waals surface area contributed by atoms with E-state index in [2.05, 4.69) is 5.32 Å². The molecule has 1 aromatic heterocycles. The average Bonchev–Trinajstić information content (AvgIpc) is 3.37. The minimum Gasteiger partial charge on any atom is -0.490 e. The van der Waals surface area contributed by atoms with Gasteiger partial charge in [-0.25, -0.2) is 4.79 Å². The highest BCUT2D eigenvalue weighted by Crippen LogP contribution is 2.45. The van der Waals surface area contributed by atoms with Crippen molar-refractivity contribution in [1.29, 1.82) is 0 Å². The van der Waals surface area contributed by atoms with Crippen molar-refractivity contribution in [1.82, 2.24) is 0 Å². The molecule has 0 saturated carbocycles. The monoisotopic (exact) mass is 473 g/mol. The first-order valence-corrected chi connectivity index (χ1v) is 11.4. The SMILES string of the molecule is CCOc1ccc(/C=C/C(=O)Nc2sc3c(c2C(=O)OC)C(C(=O)OC)CC3)cc1OCC. The molecule has 0 fully saturated rings. The Kier molecular flexibility index (Phi) is 8.11. The number of methoxy groups -OCH3 is 2. The Hall–Kier alpha value is -3.33. The van der Waals surface area contributed by atoms with Crippen LogP contribution in [-0.2, 0) is 25.5 Å². The molecule has 3 rings (SSSR count). The van der Waals surface area contributed by atoms with Crippen molar-refractivity contribution in [3.8, 4) is 11.5 Å². The first kappa shape index (κ1) is 24.3. The second-order valence-corrected chi connectivity index (χ2v) is 8.25. The number of amides is 1. The number of hydrogen-bond donors (Lipinski definition) is 1. The summed E-state index contributed by atoms with van der Waals surface area (Å²) in [6.45, 7) is 4.78. The number of fused-ring (bicyclic) bond motifs is 1. The zero-order valence-corrected chi connectivity index (χ0v) is 19.9. The Balaban J connectivity index is 1.82. The van der Waals surface area contributed by atoms with Crippen LogP contribution in [-0.4, -0.2) is 45.3 Å². The van der Waals surface area contributed by atoms with Crippen molar-refractivity contribution in [2.24, 2.45) is 0 Å². The van der Waals surface area contributed by atoms with Gasteiger partial charge in [-0.1, -0.05) is 6.07 Å². The standard InChI is InChI=1S/C24H27NO7S/c1-5-31-16-10-7-14(13-17(16)32-6-2)8-12-19(26)25-22-21(24(28)30-4)20-15(23(27)29-3)9-11-18(20)33-22/h7-8,10,12-13,15H,5-6,9,11H2,1-4H3,(H,25,26)/b12-8+. The van der Waals surface area contributed by atoms with Crippen LogP contribution in [0.15, 0.2) is 24.3 Å². The first-order valence-electron chi connectivity index (χ1n) is 10.6. The number of ether oxygens (including phenoxy) is 4. The number of carbonyl (C=O) groups excluding carboxylic acids is 3. The van der Waals surface area contributed by atoms with E-state index in [1.54, 1.807) is 18.2 Å². The molecule has 9 heteroatoms. The van der Waals surface area contributed by atoms with E-state index in [-0.39, 0.29) is 5.56 Å². The number of aryl methyl sites for hydroxylation is 1. The fourth-order valence-corrected chi connectivity index (χ4v) is 5.00. The molecule has 1 amide bonds. The van der Waals surface area contributed by atoms with E-state index < -0.39 is 23.8 Å². The molecule has 1 unspecified atom stereocenters. The lowest BCUT2D eigenvalue weighted by atomic mass is 9.99. The molecule has 2 aromatic rings. The number of nitrogens with one attached hydrogen (secondary N) is 1. The fourth-order valence-electron chi connectivity index (χ4n) is 3.73. The fraction of sp³-hybridized carbons (Fsp3) is 0.375. The van der Waals surface area contributed by atoms with E-state index in [0.29, 0.717) is 48.1 Å². The minimum absolute atomic E-state index is 0.215. The Morgan fingerprint density at radius 1 is 1.09 bits per heavy atom. The Morgan fingerprint density at radius 2 is 1.82 bits per heavy atom. The lowest BCUT2D eigenvalue weighted by Gasteiger charge is -2.11. The number of carbonyl (C=O) groups is 3. The van der Waals surface area contributed by atoms with E-state index in [1.165, 1.54) is 31.6 Å². The molecule has 0 aliphatic heterocycles. The summed E-state index contributed by atoms with van der Waals surface area (Å²) in [6, 6.07) is 5.40. The second-order valence-electron chi connectivity index (χ2n) is 7.14. The molecular formula is C24H27NO7S. The predicted octanol–water partition coefficient (Wildman–Crippen LogP) is 4.19. The molecule has 1 N–H and O–H groups in total. The average molecular weight is 474 g/mol. The minimum atomic E-state index is -0.601. The smallest absolute Gasteiger partial charge is 0.341 e. The van der Waals surface area contributed by atoms with Gasteiger partial charge < -0.3 is 24.3 Å². The molecular weight excluding hydrogens is 446 g/mol. The summed E-state index contributed by atoms with van der Waals surface area (Å²) < 4.78 is 21.0. The zero-order chi connectivity index (χ0) is 24.0. The van der Waals surface area contributed by atoms with E-state index in [0.717, 1.165) is 10.4 Å². The van der Waals surface area contributed by atoms with Crippen molar-refractivity contribution >= 4 is 40.3 Å². The van der Waals surface area contributed by atoms with Crippen LogP contribution in [0.5, 0.6) is 11.5 Å². The predicted molar refractivity (Wildman–Crippen MR) is 125 cm³/mol. The Morgan fingerprint density at radius 3 is 2.48 bits per heavy atom. The number of hydrogen-bond acceptors (Lipinski definition) is 8. The van der Waals surface area contributed by atoms with Crippen molar-refractivity contribution < 1.29 is 33.3 Å². The van der Waals surface area contributed by atoms with Gasteiger partial charge >= 0.3 is 11.9 Å². The maximum absolute atomic E-state index is 12.6. The number of benzene rings is 1. The van der Waals surface area contributed by atoms with Crippen LogP contribution in [0, 0.1) is 0 Å². The van der Waals surface area contributed by atoms with Crippen LogP contribution in [0.25, 0.3) is 6.08 Å². The molecule has 0 saturated heterocycles. The maximum atomic E-state index is 12.6. The third-order valence-electron chi connectivity index (χ3n) is 5.14. The van der Waals surface area contributed by atoms with Gasteiger partial charge in [0.05, 0.1) is 38.9 Å². The van der Waals surface area contributed by atoms with Gasteiger partial charge in [-0.3, -0.25) is 9.59 Å². The normalized spacial score (nSPS) is 14.6. The van der Waals surface area contributed by atoms with Crippen molar-refractivity contribution in [2.45, 2.75) is 32.6 Å². The molecule has 0 spiro atoms. The summed E-state index contributed by atoms with van der Waals surface area (Å²) in [6.07, 6.45) is 4.20. The van der Waals surface area contributed by atoms with Crippen LogP contribution >= 0.6 is 11.3 Å². The molecule has 0 bridgehead atoms. The van der Waals surface area contributed by atoms with Crippen molar-refractivity contribution in [2.75, 3.05) is 32.8 Å². The number of esters is 2. The quantitative estimate of drug-likeness (QED) is 0.431. The molecule has 0 radical (unpaired) electrons. The highest BCUT2D eigenvalue weighted by molar-refractivity contribution is 7.17. The van der Waals surface area contributed by atoms with Gasteiger partial charge in [0.1, 0.15) is 5.00 Å². The highest BCUT2D eigenvalue weighted by Gasteiger charge is 2.38. The maximum Gasteiger partial charge on any atom is 0.341 e. The van der Waals surface area contributed by atoms with Gasteiger partial charge in [0, 0.05) is 11.0 Å². The molecule has 176 valence electrons. The largest absolute Gasteiger partial charge is 0.490 e. The summed E-state index contributed by atoms with van der Waals surface area (Å²) >= 11 is 1.28. The lowest BCUT2D eigenvalue weighted by Crippen LogP contribution is -2.16. The van der Waals surface area contributed by atoms with Crippen LogP contribution in [0.3, 0.4) is 0 Å². The molecule has 1 atom stereocenters. The van der Waals surface area contributed by atoms with E-state index in [1.807, 2.05) is 19.9 Å². The van der Waals surface area contributed by atoms with E-state index in [4.69, 9.17) is 18.9 Å². The van der Waals surface area contributed by atoms with Crippen LogP contribution < -0.4 is 14.8 Å². The number of anilines is 1. The van der Waals surface area contributed by atoms with Crippen LogP contribution in [0.4, 0.5) is 5.00 Å². The van der Waals surface area contributed by atoms with E-state index >= 15 is 0 Å². The molecule has 1 aliphatic rings. The van der Waals surface area contributed by atoms with Crippen LogP contribution in [0.2, 0.25) is 0 Å². The summed E-state index contributed by atoms with van der Waals surface area (Å²) in [5.41, 5.74) is 1.56. The molecule has 8 nitrogen and oxygen atoms in total. The van der Waals surface area contributed by atoms with Gasteiger partial charge in [0.15, 0.2) is 11.5 Å². The lowest BCUT2D eigenvalue weighted by molar-refractivity contribution is -0.142. The zero-order valence-electron chi connectivity index (χ0n) is 19.1. The second kappa shape index (κ2) is 11.0. The molecule has 1 heterocycles. The Labute approximate surface area is 196 Å². The topological polar surface area (TPSA) is 100 Å². The third kappa shape index (κ3) is 5.36. The first-order chi connectivity index (χ1) is 15.9. The number of thiophene rings is 1.